The topological polar surface area (TPSA) is 259 Å². The summed E-state index contributed by atoms with van der Waals surface area (Å²) in [7, 11) is 9.78. The molecule has 22 nitrogen and oxygen atoms in total. The number of hydrogen-bond acceptors (Lipinski definition) is 11. The predicted molar refractivity (Wildman–Crippen MR) is 336 cm³/mol. The van der Waals surface area contributed by atoms with Gasteiger partial charge in [-0.15, -0.1) is 0 Å². The van der Waals surface area contributed by atoms with Gasteiger partial charge in [0.2, 0.25) is 65.0 Å². The molecule has 0 aromatic heterocycles. The van der Waals surface area contributed by atoms with Gasteiger partial charge in [-0.05, 0) is 107 Å². The minimum atomic E-state index is -5.00. The van der Waals surface area contributed by atoms with Crippen LogP contribution in [-0.4, -0.2) is 216 Å². The van der Waals surface area contributed by atoms with E-state index in [1.165, 1.54) is 77.9 Å². The van der Waals surface area contributed by atoms with Gasteiger partial charge in [-0.25, -0.2) is 4.39 Å². The Morgan fingerprint density at radius 1 is 0.582 bits per heavy atom. The summed E-state index contributed by atoms with van der Waals surface area (Å²) >= 11 is 0. The Labute approximate surface area is 536 Å². The van der Waals surface area contributed by atoms with Crippen molar-refractivity contribution < 1.29 is 70.3 Å². The number of amides is 11. The summed E-state index contributed by atoms with van der Waals surface area (Å²) in [5.74, 6) is -10.1. The summed E-state index contributed by atoms with van der Waals surface area (Å²) in [6.07, 6.45) is -0.634. The molecular weight excluding hydrogens is 1190 g/mol. The molecule has 0 radical (unpaired) electrons. The normalized spacial score (nSPS) is 24.9. The number of halogens is 4. The smallest absolute Gasteiger partial charge is 0.343 e. The standard InChI is InChI=1S/C65H105F4N11O11/c1-19-41(8)56-62(90)76(14)36-54(83)74(12)37-55(84)79(17)51(34-43-23-21-20-22-24-43)61(89)75(13)35-52(81)70-47(28-26-44-25-27-45(46(66)33-44)65(67,68)69)57(85)71-49(30-39(4)5)60(88)80(18)64(10,11)63(91)72-48(29-38(2)3)59(87)77(15)42(9)32-53(82)78(16)50(31-40(6)7)58(86)73-56/h25,27,33,38-43,47-51,56H,19-24,26,28-32,34-37H2,1-18H3,(H,70,81)(H,71,85)(H,72,91)(H,73,86)/t41?,42-,47+,48+,49+,50+,51+,56+/m1/s1. The van der Waals surface area contributed by atoms with Crippen LogP contribution in [0.2, 0.25) is 0 Å². The zero-order valence-corrected chi connectivity index (χ0v) is 57.1. The third kappa shape index (κ3) is 22.7. The van der Waals surface area contributed by atoms with Crippen LogP contribution in [0.1, 0.15) is 164 Å². The molecule has 1 aliphatic carbocycles. The lowest BCUT2D eigenvalue weighted by Crippen LogP contribution is -2.63. The van der Waals surface area contributed by atoms with Crippen molar-refractivity contribution in [2.24, 2.45) is 29.6 Å². The molecular formula is C65H105F4N11O11. The van der Waals surface area contributed by atoms with Gasteiger partial charge < -0.3 is 55.6 Å². The molecule has 2 aliphatic rings. The summed E-state index contributed by atoms with van der Waals surface area (Å²) in [5, 5.41) is 11.0. The van der Waals surface area contributed by atoms with Gasteiger partial charge in [-0.2, -0.15) is 13.2 Å². The van der Waals surface area contributed by atoms with Gasteiger partial charge >= 0.3 is 6.18 Å². The van der Waals surface area contributed by atoms with E-state index >= 15 is 0 Å². The highest BCUT2D eigenvalue weighted by Gasteiger charge is 2.43. The monoisotopic (exact) mass is 1290 g/mol. The van der Waals surface area contributed by atoms with E-state index in [2.05, 4.69) is 21.3 Å². The second-order valence-electron chi connectivity index (χ2n) is 27.2. The van der Waals surface area contributed by atoms with E-state index in [9.17, 15) is 70.3 Å². The number of carbonyl (C=O) groups excluding carboxylic acids is 11. The predicted octanol–water partition coefficient (Wildman–Crippen LogP) is 5.39. The quantitative estimate of drug-likeness (QED) is 0.182. The van der Waals surface area contributed by atoms with Gasteiger partial charge in [0.1, 0.15) is 47.6 Å². The molecule has 0 bridgehead atoms. The van der Waals surface area contributed by atoms with Crippen LogP contribution in [0.5, 0.6) is 0 Å². The van der Waals surface area contributed by atoms with E-state index in [0.717, 1.165) is 57.8 Å². The van der Waals surface area contributed by atoms with Gasteiger partial charge in [0.05, 0.1) is 25.2 Å². The largest absolute Gasteiger partial charge is 0.419 e. The van der Waals surface area contributed by atoms with E-state index in [1.807, 2.05) is 34.6 Å². The average Bonchev–Trinajstić information content (AvgIpc) is 1.09. The number of benzene rings is 1. The van der Waals surface area contributed by atoms with Crippen LogP contribution >= 0.6 is 0 Å². The van der Waals surface area contributed by atoms with Gasteiger partial charge in [0, 0.05) is 61.8 Å². The summed E-state index contributed by atoms with van der Waals surface area (Å²) < 4.78 is 55.7. The first-order valence-electron chi connectivity index (χ1n) is 32.0. The molecule has 1 unspecified atom stereocenters. The lowest BCUT2D eigenvalue weighted by molar-refractivity contribution is -0.149. The Balaban J connectivity index is 2.22. The van der Waals surface area contributed by atoms with Crippen molar-refractivity contribution in [3.63, 3.8) is 0 Å². The second kappa shape index (κ2) is 34.7. The maximum atomic E-state index is 14.9. The van der Waals surface area contributed by atoms with Gasteiger partial charge in [0.25, 0.3) is 0 Å². The number of nitrogens with one attached hydrogen (secondary N) is 4. The number of likely N-dealkylation sites (N-methyl/N-ethyl adjacent to an activating group) is 7. The fraction of sp³-hybridized carbons (Fsp3) is 0.738. The van der Waals surface area contributed by atoms with Crippen molar-refractivity contribution in [2.75, 3.05) is 69.0 Å². The lowest BCUT2D eigenvalue weighted by atomic mass is 9.84. The fourth-order valence-corrected chi connectivity index (χ4v) is 11.3. The number of hydrogen-bond donors (Lipinski definition) is 4. The first-order chi connectivity index (χ1) is 42.1. The van der Waals surface area contributed by atoms with Crippen LogP contribution in [0.25, 0.3) is 0 Å². The van der Waals surface area contributed by atoms with Crippen molar-refractivity contribution in [3.8, 4) is 0 Å². The van der Waals surface area contributed by atoms with Crippen LogP contribution in [0.4, 0.5) is 17.6 Å². The minimum absolute atomic E-state index is 0.00352. The zero-order chi connectivity index (χ0) is 69.3. The molecule has 4 N–H and O–H groups in total. The second-order valence-corrected chi connectivity index (χ2v) is 27.2. The molecule has 1 aromatic rings. The molecule has 0 spiro atoms. The van der Waals surface area contributed by atoms with Gasteiger partial charge in [-0.1, -0.05) is 100.0 Å². The van der Waals surface area contributed by atoms with E-state index in [4.69, 9.17) is 0 Å². The molecule has 514 valence electrons. The molecule has 11 amide bonds. The number of nitrogens with zero attached hydrogens (tertiary/aromatic N) is 7. The van der Waals surface area contributed by atoms with Crippen molar-refractivity contribution >= 4 is 65.0 Å². The highest BCUT2D eigenvalue weighted by molar-refractivity contribution is 5.98. The number of aryl methyl sites for hydroxylation is 1. The summed E-state index contributed by atoms with van der Waals surface area (Å²) in [5.41, 5.74) is -3.19. The molecule has 1 aromatic carbocycles. The van der Waals surface area contributed by atoms with E-state index in [-0.39, 0.29) is 74.2 Å². The number of alkyl halides is 3. The van der Waals surface area contributed by atoms with Gasteiger partial charge in [-0.3, -0.25) is 52.7 Å². The maximum Gasteiger partial charge on any atom is 0.419 e. The molecule has 3 rings (SSSR count). The third-order valence-electron chi connectivity index (χ3n) is 17.9. The molecule has 91 heavy (non-hydrogen) atoms. The SMILES string of the molecule is CCC(C)[C@@H]1NC(=O)[C@H](CC(C)C)N(C)C(=O)C[C@@H](C)N(C)C(=O)[C@H](CC(C)C)NC(=O)C(C)(C)N(C)C(=O)[C@H](CC(C)C)NC(=O)[C@H](CCc2ccc(C(F)(F)F)c(F)c2)NC(=O)CN(C)C(=O)[C@H](CC2CCCCC2)N(C)C(=O)CN(C)C(=O)CN(C)C1=O. The van der Waals surface area contributed by atoms with E-state index < -0.39 is 156 Å². The third-order valence-corrected chi connectivity index (χ3v) is 17.9. The van der Waals surface area contributed by atoms with Crippen LogP contribution in [0.15, 0.2) is 18.2 Å². The molecule has 2 fully saturated rings. The van der Waals surface area contributed by atoms with E-state index in [0.29, 0.717) is 18.6 Å². The number of rotatable bonds is 13. The maximum absolute atomic E-state index is 14.9. The molecule has 1 saturated heterocycles. The summed E-state index contributed by atoms with van der Waals surface area (Å²) in [6, 6.07) is -6.00. The van der Waals surface area contributed by atoms with Crippen LogP contribution < -0.4 is 21.3 Å². The first-order valence-corrected chi connectivity index (χ1v) is 32.0. The Hall–Kier alpha value is -6.89. The van der Waals surface area contributed by atoms with Crippen LogP contribution in [0.3, 0.4) is 0 Å². The van der Waals surface area contributed by atoms with Crippen molar-refractivity contribution in [1.82, 2.24) is 55.6 Å². The lowest BCUT2D eigenvalue weighted by Gasteiger charge is -2.39. The Morgan fingerprint density at radius 3 is 1.66 bits per heavy atom. The Morgan fingerprint density at radius 2 is 1.12 bits per heavy atom. The van der Waals surface area contributed by atoms with Crippen molar-refractivity contribution in [1.29, 1.82) is 0 Å². The first kappa shape index (κ1) is 78.4. The summed E-state index contributed by atoms with van der Waals surface area (Å²) in [6.45, 7) is 17.4. The molecule has 26 heteroatoms. The van der Waals surface area contributed by atoms with Crippen LogP contribution in [-0.2, 0) is 65.3 Å². The Kier molecular flexibility index (Phi) is 29.9. The van der Waals surface area contributed by atoms with Gasteiger partial charge in [0.15, 0.2) is 0 Å². The Bertz CT molecular complexity index is 2720. The van der Waals surface area contributed by atoms with Crippen LogP contribution in [0, 0.1) is 35.4 Å². The highest BCUT2D eigenvalue weighted by Crippen LogP contribution is 2.33. The summed E-state index contributed by atoms with van der Waals surface area (Å²) in [4.78, 5) is 167. The highest BCUT2D eigenvalue weighted by atomic mass is 19.4. The molecule has 1 heterocycles. The molecule has 1 aliphatic heterocycles. The van der Waals surface area contributed by atoms with Crippen molar-refractivity contribution in [3.05, 3.63) is 35.1 Å². The molecule has 8 atom stereocenters. The minimum Gasteiger partial charge on any atom is -0.343 e. The zero-order valence-electron chi connectivity index (χ0n) is 57.1. The van der Waals surface area contributed by atoms with E-state index in [1.54, 1.807) is 27.7 Å². The number of carbonyl (C=O) groups is 11. The average molecular weight is 1290 g/mol. The fourth-order valence-electron chi connectivity index (χ4n) is 11.3. The molecule has 1 saturated carbocycles. The van der Waals surface area contributed by atoms with Crippen molar-refractivity contribution in [2.45, 2.75) is 214 Å².